The summed E-state index contributed by atoms with van der Waals surface area (Å²) in [5.74, 6) is -2.43. The van der Waals surface area contributed by atoms with Crippen molar-refractivity contribution in [1.29, 1.82) is 5.26 Å². The van der Waals surface area contributed by atoms with Crippen LogP contribution in [-0.4, -0.2) is 4.98 Å². The Morgan fingerprint density at radius 1 is 1.14 bits per heavy atom. The molecule has 0 spiro atoms. The maximum absolute atomic E-state index is 13.9. The third kappa shape index (κ3) is 2.65. The number of hydrogen-bond acceptors (Lipinski definition) is 2. The van der Waals surface area contributed by atoms with Crippen LogP contribution in [0.1, 0.15) is 23.2 Å². The molecule has 3 nitrogen and oxygen atoms in total. The number of pyridine rings is 1. The first-order valence-corrected chi connectivity index (χ1v) is 5.76. The Bertz CT molecular complexity index is 806. The molecule has 0 aliphatic carbocycles. The molecule has 0 radical (unpaired) electrons. The van der Waals surface area contributed by atoms with Crippen LogP contribution in [0.15, 0.2) is 23.0 Å². The Kier molecular flexibility index (Phi) is 3.80. The monoisotopic (exact) mass is 296 g/mol. The molecule has 2 aromatic rings. The molecule has 0 saturated carbocycles. The zero-order valence-electron chi connectivity index (χ0n) is 10.7. The van der Waals surface area contributed by atoms with E-state index in [1.807, 2.05) is 0 Å². The van der Waals surface area contributed by atoms with E-state index in [1.165, 1.54) is 13.0 Å². The van der Waals surface area contributed by atoms with E-state index in [9.17, 15) is 22.4 Å². The van der Waals surface area contributed by atoms with Gasteiger partial charge in [0.15, 0.2) is 0 Å². The number of hydrogen-bond donors (Lipinski definition) is 1. The number of aryl methyl sites for hydroxylation is 1. The fourth-order valence-electron chi connectivity index (χ4n) is 1.95. The summed E-state index contributed by atoms with van der Waals surface area (Å²) in [5, 5.41) is 8.95. The van der Waals surface area contributed by atoms with Crippen LogP contribution in [-0.2, 0) is 0 Å². The lowest BCUT2D eigenvalue weighted by Gasteiger charge is -2.09. The summed E-state index contributed by atoms with van der Waals surface area (Å²) >= 11 is 0. The highest BCUT2D eigenvalue weighted by atomic mass is 19.3. The number of aromatic amines is 1. The number of H-pyrrole nitrogens is 1. The van der Waals surface area contributed by atoms with E-state index in [0.29, 0.717) is 17.8 Å². The molecule has 0 aliphatic heterocycles. The molecule has 108 valence electrons. The van der Waals surface area contributed by atoms with Gasteiger partial charge in [0.2, 0.25) is 0 Å². The number of benzene rings is 1. The molecule has 0 atom stereocenters. The lowest BCUT2D eigenvalue weighted by molar-refractivity contribution is 0.146. The van der Waals surface area contributed by atoms with Gasteiger partial charge in [-0.25, -0.2) is 17.6 Å². The van der Waals surface area contributed by atoms with Crippen LogP contribution >= 0.6 is 0 Å². The smallest absolute Gasteiger partial charge is 0.266 e. The molecule has 1 heterocycles. The van der Waals surface area contributed by atoms with Crippen molar-refractivity contribution < 1.29 is 17.6 Å². The summed E-state index contributed by atoms with van der Waals surface area (Å²) in [6, 6.07) is 3.80. The largest absolute Gasteiger partial charge is 0.325 e. The fraction of sp³-hybridized carbons (Fsp3) is 0.143. The Morgan fingerprint density at radius 2 is 1.81 bits per heavy atom. The highest BCUT2D eigenvalue weighted by Gasteiger charge is 2.20. The van der Waals surface area contributed by atoms with Gasteiger partial charge in [-0.15, -0.1) is 0 Å². The van der Waals surface area contributed by atoms with Gasteiger partial charge in [-0.2, -0.15) is 5.26 Å². The van der Waals surface area contributed by atoms with Crippen molar-refractivity contribution in [2.24, 2.45) is 0 Å². The van der Waals surface area contributed by atoms with E-state index in [4.69, 9.17) is 5.26 Å². The molecule has 1 aromatic carbocycles. The van der Waals surface area contributed by atoms with Crippen LogP contribution in [0.4, 0.5) is 17.6 Å². The lowest BCUT2D eigenvalue weighted by Crippen LogP contribution is -2.13. The molecule has 0 bridgehead atoms. The second-order valence-electron chi connectivity index (χ2n) is 4.34. The van der Waals surface area contributed by atoms with E-state index in [-0.39, 0.29) is 5.56 Å². The molecule has 21 heavy (non-hydrogen) atoms. The first-order valence-electron chi connectivity index (χ1n) is 5.76. The van der Waals surface area contributed by atoms with Crippen LogP contribution < -0.4 is 5.56 Å². The third-order valence-corrected chi connectivity index (χ3v) is 2.89. The number of rotatable bonds is 2. The number of alkyl halides is 2. The Balaban J connectivity index is 2.78. The van der Waals surface area contributed by atoms with Gasteiger partial charge in [0, 0.05) is 16.8 Å². The summed E-state index contributed by atoms with van der Waals surface area (Å²) in [5.41, 5.74) is -2.48. The van der Waals surface area contributed by atoms with Crippen molar-refractivity contribution in [3.05, 3.63) is 57.0 Å². The molecular formula is C14H8F4N2O. The first kappa shape index (κ1) is 14.8. The zero-order chi connectivity index (χ0) is 15.7. The predicted molar refractivity (Wildman–Crippen MR) is 66.8 cm³/mol. The van der Waals surface area contributed by atoms with Crippen molar-refractivity contribution in [3.63, 3.8) is 0 Å². The van der Waals surface area contributed by atoms with Gasteiger partial charge in [0.05, 0.1) is 5.56 Å². The summed E-state index contributed by atoms with van der Waals surface area (Å²) in [6.45, 7) is 1.49. The Morgan fingerprint density at radius 3 is 2.38 bits per heavy atom. The second kappa shape index (κ2) is 5.40. The lowest BCUT2D eigenvalue weighted by atomic mass is 9.99. The van der Waals surface area contributed by atoms with Gasteiger partial charge in [0.1, 0.15) is 23.3 Å². The molecule has 1 aromatic heterocycles. The number of nitrogens with one attached hydrogen (secondary N) is 1. The second-order valence-corrected chi connectivity index (χ2v) is 4.34. The van der Waals surface area contributed by atoms with Crippen molar-refractivity contribution in [2.45, 2.75) is 13.3 Å². The summed E-state index contributed by atoms with van der Waals surface area (Å²) in [6.07, 6.45) is -3.16. The molecule has 1 N–H and O–H groups in total. The van der Waals surface area contributed by atoms with Crippen molar-refractivity contribution in [1.82, 2.24) is 4.98 Å². The molecule has 0 saturated heterocycles. The fourth-order valence-corrected chi connectivity index (χ4v) is 1.95. The van der Waals surface area contributed by atoms with Crippen molar-refractivity contribution >= 4 is 0 Å². The maximum atomic E-state index is 13.9. The van der Waals surface area contributed by atoms with E-state index in [2.05, 4.69) is 4.98 Å². The van der Waals surface area contributed by atoms with Crippen molar-refractivity contribution in [3.8, 4) is 17.2 Å². The molecule has 0 amide bonds. The van der Waals surface area contributed by atoms with Crippen LogP contribution in [0.25, 0.3) is 11.1 Å². The molecule has 2 rings (SSSR count). The summed E-state index contributed by atoms with van der Waals surface area (Å²) in [7, 11) is 0. The number of nitriles is 1. The quantitative estimate of drug-likeness (QED) is 0.863. The van der Waals surface area contributed by atoms with E-state index in [1.54, 1.807) is 6.07 Å². The SMILES string of the molecule is Cc1cc(-c2cc(F)c(C(F)F)cc2F)c(C#N)c(=O)[nH]1. The van der Waals surface area contributed by atoms with Crippen LogP contribution in [0.2, 0.25) is 0 Å². The minimum Gasteiger partial charge on any atom is -0.325 e. The summed E-state index contributed by atoms with van der Waals surface area (Å²) in [4.78, 5) is 14.0. The highest BCUT2D eigenvalue weighted by Crippen LogP contribution is 2.31. The molecule has 0 unspecified atom stereocenters. The highest BCUT2D eigenvalue weighted by molar-refractivity contribution is 5.71. The average Bonchev–Trinajstić information content (AvgIpc) is 2.39. The minimum absolute atomic E-state index is 0.143. The number of nitrogens with zero attached hydrogens (tertiary/aromatic N) is 1. The van der Waals surface area contributed by atoms with Crippen LogP contribution in [0.5, 0.6) is 0 Å². The average molecular weight is 296 g/mol. The van der Waals surface area contributed by atoms with Gasteiger partial charge in [0.25, 0.3) is 12.0 Å². The topological polar surface area (TPSA) is 56.6 Å². The van der Waals surface area contributed by atoms with Crippen molar-refractivity contribution in [2.75, 3.05) is 0 Å². The van der Waals surface area contributed by atoms with Crippen LogP contribution in [0.3, 0.4) is 0 Å². The molecule has 7 heteroatoms. The van der Waals surface area contributed by atoms with E-state index in [0.717, 1.165) is 0 Å². The van der Waals surface area contributed by atoms with E-state index < -0.39 is 40.3 Å². The number of halogens is 4. The normalized spacial score (nSPS) is 10.7. The van der Waals surface area contributed by atoms with Crippen LogP contribution in [0, 0.1) is 29.9 Å². The van der Waals surface area contributed by atoms with Gasteiger partial charge in [-0.05, 0) is 25.1 Å². The Labute approximate surface area is 116 Å². The van der Waals surface area contributed by atoms with Gasteiger partial charge in [-0.1, -0.05) is 0 Å². The molecule has 0 fully saturated rings. The summed E-state index contributed by atoms with van der Waals surface area (Å²) < 4.78 is 52.5. The van der Waals surface area contributed by atoms with Gasteiger partial charge in [-0.3, -0.25) is 4.79 Å². The minimum atomic E-state index is -3.16. The first-order chi connectivity index (χ1) is 9.85. The molecule has 0 aliphatic rings. The predicted octanol–water partition coefficient (Wildman–Crippen LogP) is 3.44. The standard InChI is InChI=1S/C14H8F4N2O/c1-6-2-7(10(5-19)14(21)20-6)8-3-12(16)9(13(17)18)4-11(8)15/h2-4,13H,1H3,(H,20,21). The maximum Gasteiger partial charge on any atom is 0.266 e. The third-order valence-electron chi connectivity index (χ3n) is 2.89. The van der Waals surface area contributed by atoms with E-state index >= 15 is 0 Å². The number of aromatic nitrogens is 1. The molecular weight excluding hydrogens is 288 g/mol. The van der Waals surface area contributed by atoms with Gasteiger partial charge >= 0.3 is 0 Å². The Hall–Kier alpha value is -2.62. The van der Waals surface area contributed by atoms with Gasteiger partial charge < -0.3 is 4.98 Å². The zero-order valence-corrected chi connectivity index (χ0v) is 10.7.